The Labute approximate surface area is 254 Å². The van der Waals surface area contributed by atoms with E-state index < -0.39 is 37.6 Å². The van der Waals surface area contributed by atoms with Crippen LogP contribution in [0.2, 0.25) is 5.04 Å². The number of carbonyl (C=O) groups is 2. The van der Waals surface area contributed by atoms with E-state index in [1.165, 1.54) is 0 Å². The van der Waals surface area contributed by atoms with E-state index in [-0.39, 0.29) is 13.2 Å². The molecule has 0 bridgehead atoms. The molecule has 1 amide bonds. The third-order valence-electron chi connectivity index (χ3n) is 7.82. The number of carbonyl (C=O) groups excluding carboxylic acids is 2. The molecule has 0 aliphatic rings. The summed E-state index contributed by atoms with van der Waals surface area (Å²) in [6, 6.07) is 36.3. The highest BCUT2D eigenvalue weighted by Crippen LogP contribution is 2.40. The first-order chi connectivity index (χ1) is 20.7. The average Bonchev–Trinajstić information content (AvgIpc) is 3.05. The zero-order chi connectivity index (χ0) is 30.7. The normalized spacial score (nSPS) is 13.0. The van der Waals surface area contributed by atoms with Crippen LogP contribution in [0.3, 0.4) is 0 Å². The Morgan fingerprint density at radius 1 is 0.767 bits per heavy atom. The maximum Gasteiger partial charge on any atom is 0.407 e. The average molecular weight is 598 g/mol. The minimum Gasteiger partial charge on any atom is -0.459 e. The number of aliphatic hydroxyl groups excluding tert-OH is 1. The highest BCUT2D eigenvalue weighted by atomic mass is 28.4. The number of hydrogen-bond acceptors (Lipinski definition) is 6. The second-order valence-corrected chi connectivity index (χ2v) is 15.1. The molecule has 4 rings (SSSR count). The predicted octanol–water partition coefficient (Wildman–Crippen LogP) is 4.81. The molecular formula is C35H39NO6Si. The van der Waals surface area contributed by atoms with Crippen LogP contribution in [0.4, 0.5) is 4.79 Å². The van der Waals surface area contributed by atoms with E-state index in [4.69, 9.17) is 9.47 Å². The smallest absolute Gasteiger partial charge is 0.407 e. The lowest BCUT2D eigenvalue weighted by Crippen LogP contribution is -2.65. The zero-order valence-corrected chi connectivity index (χ0v) is 25.6. The van der Waals surface area contributed by atoms with Gasteiger partial charge in [-0.25, -0.2) is 9.59 Å². The summed E-state index contributed by atoms with van der Waals surface area (Å²) in [5.74, 6) is -0.569. The van der Waals surface area contributed by atoms with E-state index >= 15 is 0 Å². The van der Waals surface area contributed by atoms with E-state index in [1.54, 1.807) is 30.3 Å². The lowest BCUT2D eigenvalue weighted by molar-refractivity contribution is 0.0134. The van der Waals surface area contributed by atoms with Crippen LogP contribution in [0.5, 0.6) is 0 Å². The Morgan fingerprint density at radius 3 is 1.79 bits per heavy atom. The lowest BCUT2D eigenvalue weighted by atomic mass is 9.99. The van der Waals surface area contributed by atoms with Crippen molar-refractivity contribution < 1.29 is 29.0 Å². The van der Waals surface area contributed by atoms with Crippen molar-refractivity contribution in [3.8, 4) is 0 Å². The Kier molecular flexibility index (Phi) is 10.9. The summed E-state index contributed by atoms with van der Waals surface area (Å²) in [5.41, 5.74) is 1.19. The molecule has 224 valence electrons. The van der Waals surface area contributed by atoms with Gasteiger partial charge in [0, 0.05) is 0 Å². The van der Waals surface area contributed by atoms with E-state index in [0.717, 1.165) is 15.9 Å². The fraction of sp³-hybridized carbons (Fsp3) is 0.257. The summed E-state index contributed by atoms with van der Waals surface area (Å²) in [4.78, 5) is 37.9. The number of nitrogens with one attached hydrogen (secondary N) is 1. The molecule has 2 atom stereocenters. The maximum absolute atomic E-state index is 12.9. The number of rotatable bonds is 13. The molecule has 0 aliphatic heterocycles. The second kappa shape index (κ2) is 14.8. The van der Waals surface area contributed by atoms with Gasteiger partial charge in [0.2, 0.25) is 0 Å². The second-order valence-electron chi connectivity index (χ2n) is 11.2. The van der Waals surface area contributed by atoms with Crippen molar-refractivity contribution in [2.24, 2.45) is 0 Å². The standard InChI is InChI=1S/C35H39NO6Si/c1-35(2,43(40,29-19-11-5-12-20-29)30-21-13-6-14-22-30)24-23-31(36-34(39)42-25-27-15-7-3-8-16-27)32(37)26-41-33(38)28-17-9-4-10-18-28/h3-22,31-32,37,40H,23-26H2,1-2H3,(H,36,39)/t31-,32-/m1/s1. The highest BCUT2D eigenvalue weighted by molar-refractivity contribution is 6.98. The first-order valence-electron chi connectivity index (χ1n) is 14.4. The van der Waals surface area contributed by atoms with Gasteiger partial charge in [-0.1, -0.05) is 123 Å². The number of esters is 1. The molecule has 0 aliphatic carbocycles. The van der Waals surface area contributed by atoms with E-state index in [9.17, 15) is 19.5 Å². The van der Waals surface area contributed by atoms with Gasteiger partial charge in [-0.2, -0.15) is 0 Å². The molecule has 8 heteroatoms. The monoisotopic (exact) mass is 597 g/mol. The summed E-state index contributed by atoms with van der Waals surface area (Å²) in [5, 5.41) is 15.1. The highest BCUT2D eigenvalue weighted by Gasteiger charge is 2.50. The third-order valence-corrected chi connectivity index (χ3v) is 12.4. The van der Waals surface area contributed by atoms with Crippen LogP contribution < -0.4 is 15.7 Å². The molecule has 0 radical (unpaired) electrons. The fourth-order valence-corrected chi connectivity index (χ4v) is 8.97. The Hall–Kier alpha value is -4.24. The maximum atomic E-state index is 12.9. The topological polar surface area (TPSA) is 105 Å². The van der Waals surface area contributed by atoms with Crippen LogP contribution in [0.1, 0.15) is 42.6 Å². The van der Waals surface area contributed by atoms with Gasteiger partial charge in [0.25, 0.3) is 8.32 Å². The quantitative estimate of drug-likeness (QED) is 0.151. The van der Waals surface area contributed by atoms with E-state index in [0.29, 0.717) is 18.4 Å². The van der Waals surface area contributed by atoms with Gasteiger partial charge in [0.05, 0.1) is 11.6 Å². The molecule has 0 spiro atoms. The zero-order valence-electron chi connectivity index (χ0n) is 24.6. The molecule has 4 aromatic rings. The molecule has 0 heterocycles. The molecule has 0 saturated carbocycles. The van der Waals surface area contributed by atoms with Crippen molar-refractivity contribution in [3.63, 3.8) is 0 Å². The lowest BCUT2D eigenvalue weighted by Gasteiger charge is -2.42. The van der Waals surface area contributed by atoms with E-state index in [1.807, 2.05) is 105 Å². The summed E-state index contributed by atoms with van der Waals surface area (Å²) < 4.78 is 10.8. The summed E-state index contributed by atoms with van der Waals surface area (Å²) in [7, 11) is -3.32. The van der Waals surface area contributed by atoms with Gasteiger partial charge in [0.1, 0.15) is 19.3 Å². The van der Waals surface area contributed by atoms with Gasteiger partial charge in [0.15, 0.2) is 0 Å². The van der Waals surface area contributed by atoms with Crippen LogP contribution in [0.15, 0.2) is 121 Å². The summed E-state index contributed by atoms with van der Waals surface area (Å²) >= 11 is 0. The first kappa shape index (κ1) is 31.7. The number of ether oxygens (including phenoxy) is 2. The van der Waals surface area contributed by atoms with E-state index in [2.05, 4.69) is 5.32 Å². The first-order valence-corrected chi connectivity index (χ1v) is 16.4. The molecule has 3 N–H and O–H groups in total. The van der Waals surface area contributed by atoms with Gasteiger partial charge in [-0.3, -0.25) is 0 Å². The summed E-state index contributed by atoms with van der Waals surface area (Å²) in [6.07, 6.45) is -1.16. The van der Waals surface area contributed by atoms with Crippen molar-refractivity contribution in [2.75, 3.05) is 6.61 Å². The Balaban J connectivity index is 1.52. The molecule has 0 fully saturated rings. The molecule has 43 heavy (non-hydrogen) atoms. The fourth-order valence-electron chi connectivity index (χ4n) is 5.22. The van der Waals surface area contributed by atoms with Crippen molar-refractivity contribution in [1.82, 2.24) is 5.32 Å². The van der Waals surface area contributed by atoms with Gasteiger partial charge in [-0.15, -0.1) is 0 Å². The number of benzene rings is 4. The number of aliphatic hydroxyl groups is 1. The minimum absolute atomic E-state index is 0.0681. The predicted molar refractivity (Wildman–Crippen MR) is 170 cm³/mol. The Morgan fingerprint density at radius 2 is 1.26 bits per heavy atom. The van der Waals surface area contributed by atoms with Crippen molar-refractivity contribution >= 4 is 30.8 Å². The number of alkyl carbamates (subject to hydrolysis) is 1. The van der Waals surface area contributed by atoms with Crippen LogP contribution in [0.25, 0.3) is 0 Å². The van der Waals surface area contributed by atoms with Gasteiger partial charge < -0.3 is 24.7 Å². The van der Waals surface area contributed by atoms with Crippen molar-refractivity contribution in [2.45, 2.75) is 50.5 Å². The summed E-state index contributed by atoms with van der Waals surface area (Å²) in [6.45, 7) is 3.78. The molecule has 4 aromatic carbocycles. The molecule has 7 nitrogen and oxygen atoms in total. The minimum atomic E-state index is -3.32. The van der Waals surface area contributed by atoms with Crippen molar-refractivity contribution in [1.29, 1.82) is 0 Å². The van der Waals surface area contributed by atoms with Crippen molar-refractivity contribution in [3.05, 3.63) is 132 Å². The Bertz CT molecular complexity index is 1400. The number of hydrogen-bond donors (Lipinski definition) is 3. The molecule has 0 aromatic heterocycles. The largest absolute Gasteiger partial charge is 0.459 e. The van der Waals surface area contributed by atoms with Crippen LogP contribution in [-0.2, 0) is 16.1 Å². The molecular weight excluding hydrogens is 558 g/mol. The van der Waals surface area contributed by atoms with Crippen LogP contribution >= 0.6 is 0 Å². The van der Waals surface area contributed by atoms with Crippen LogP contribution in [-0.4, -0.2) is 49.0 Å². The molecule has 0 saturated heterocycles. The third kappa shape index (κ3) is 8.19. The molecule has 0 unspecified atom stereocenters. The number of amides is 1. The SMILES string of the molecule is CC(C)(CC[C@@H](NC(=O)OCc1ccccc1)[C@H](O)COC(=O)c1ccccc1)[Si](O)(c1ccccc1)c1ccccc1. The van der Waals surface area contributed by atoms with Gasteiger partial charge in [-0.05, 0) is 45.9 Å². The van der Waals surface area contributed by atoms with Gasteiger partial charge >= 0.3 is 12.1 Å². The van der Waals surface area contributed by atoms with Crippen LogP contribution in [0, 0.1) is 0 Å².